The average molecular weight is 268 g/mol. The van der Waals surface area contributed by atoms with Crippen LogP contribution in [0.15, 0.2) is 24.3 Å². The molecule has 0 spiro atoms. The lowest BCUT2D eigenvalue weighted by atomic mass is 10.1. The number of amides is 1. The summed E-state index contributed by atoms with van der Waals surface area (Å²) in [4.78, 5) is 11.6. The summed E-state index contributed by atoms with van der Waals surface area (Å²) in [5, 5.41) is 2.89. The predicted octanol–water partition coefficient (Wildman–Crippen LogP) is 1.84. The SMILES string of the molecule is NCC(SCC(=O)NC1CC1)c1cccc(F)c1. The second-order valence-electron chi connectivity index (χ2n) is 4.43. The van der Waals surface area contributed by atoms with Gasteiger partial charge in [0.05, 0.1) is 5.75 Å². The van der Waals surface area contributed by atoms with Gasteiger partial charge in [-0.15, -0.1) is 11.8 Å². The molecule has 1 aliphatic rings. The summed E-state index contributed by atoms with van der Waals surface area (Å²) in [7, 11) is 0. The van der Waals surface area contributed by atoms with E-state index in [0.717, 1.165) is 18.4 Å². The molecule has 3 N–H and O–H groups in total. The van der Waals surface area contributed by atoms with Gasteiger partial charge in [-0.3, -0.25) is 4.79 Å². The van der Waals surface area contributed by atoms with Gasteiger partial charge in [0.2, 0.25) is 5.91 Å². The molecule has 1 aromatic rings. The smallest absolute Gasteiger partial charge is 0.230 e. The third kappa shape index (κ3) is 3.99. The van der Waals surface area contributed by atoms with Crippen molar-refractivity contribution in [3.63, 3.8) is 0 Å². The molecule has 5 heteroatoms. The molecule has 0 heterocycles. The summed E-state index contributed by atoms with van der Waals surface area (Å²) in [6, 6.07) is 6.76. The largest absolute Gasteiger partial charge is 0.353 e. The summed E-state index contributed by atoms with van der Waals surface area (Å²) in [5.74, 6) is 0.140. The zero-order chi connectivity index (χ0) is 13.0. The number of benzene rings is 1. The number of thioether (sulfide) groups is 1. The molecular weight excluding hydrogens is 251 g/mol. The van der Waals surface area contributed by atoms with Crippen molar-refractivity contribution in [1.82, 2.24) is 5.32 Å². The molecule has 1 aromatic carbocycles. The van der Waals surface area contributed by atoms with Gasteiger partial charge >= 0.3 is 0 Å². The molecule has 0 saturated heterocycles. The maximum absolute atomic E-state index is 13.1. The van der Waals surface area contributed by atoms with Crippen LogP contribution < -0.4 is 11.1 Å². The van der Waals surface area contributed by atoms with E-state index < -0.39 is 0 Å². The number of nitrogens with one attached hydrogen (secondary N) is 1. The van der Waals surface area contributed by atoms with Crippen LogP contribution in [0.5, 0.6) is 0 Å². The van der Waals surface area contributed by atoms with Crippen LogP contribution >= 0.6 is 11.8 Å². The van der Waals surface area contributed by atoms with Crippen LogP contribution in [0.1, 0.15) is 23.7 Å². The van der Waals surface area contributed by atoms with E-state index in [1.165, 1.54) is 23.9 Å². The molecule has 1 atom stereocenters. The first-order valence-electron chi connectivity index (χ1n) is 6.05. The number of hydrogen-bond donors (Lipinski definition) is 2. The zero-order valence-electron chi connectivity index (χ0n) is 10.1. The molecule has 0 aliphatic heterocycles. The topological polar surface area (TPSA) is 55.1 Å². The number of hydrogen-bond acceptors (Lipinski definition) is 3. The van der Waals surface area contributed by atoms with E-state index >= 15 is 0 Å². The van der Waals surface area contributed by atoms with Gasteiger partial charge in [0.25, 0.3) is 0 Å². The fraction of sp³-hybridized carbons (Fsp3) is 0.462. The number of carbonyl (C=O) groups excluding carboxylic acids is 1. The fourth-order valence-corrected chi connectivity index (χ4v) is 2.59. The van der Waals surface area contributed by atoms with E-state index in [9.17, 15) is 9.18 Å². The standard InChI is InChI=1S/C13H17FN2OS/c14-10-3-1-2-9(6-10)12(7-15)18-8-13(17)16-11-4-5-11/h1-3,6,11-12H,4-5,7-8,15H2,(H,16,17). The summed E-state index contributed by atoms with van der Waals surface area (Å²) >= 11 is 1.46. The Bertz CT molecular complexity index is 423. The van der Waals surface area contributed by atoms with Gasteiger partial charge in [-0.05, 0) is 30.5 Å². The Balaban J connectivity index is 1.86. The van der Waals surface area contributed by atoms with Crippen molar-refractivity contribution in [1.29, 1.82) is 0 Å². The highest BCUT2D eigenvalue weighted by Crippen LogP contribution is 2.28. The Kier molecular flexibility index (Phi) is 4.60. The highest BCUT2D eigenvalue weighted by atomic mass is 32.2. The second-order valence-corrected chi connectivity index (χ2v) is 5.62. The predicted molar refractivity (Wildman–Crippen MR) is 71.8 cm³/mol. The van der Waals surface area contributed by atoms with E-state index in [2.05, 4.69) is 5.32 Å². The fourth-order valence-electron chi connectivity index (χ4n) is 1.68. The van der Waals surface area contributed by atoms with Gasteiger partial charge in [0.1, 0.15) is 5.82 Å². The number of nitrogens with two attached hydrogens (primary N) is 1. The van der Waals surface area contributed by atoms with Crippen molar-refractivity contribution in [2.24, 2.45) is 5.73 Å². The second kappa shape index (κ2) is 6.20. The number of rotatable bonds is 6. The van der Waals surface area contributed by atoms with Crippen LogP contribution in [-0.2, 0) is 4.79 Å². The van der Waals surface area contributed by atoms with Crippen molar-refractivity contribution >= 4 is 17.7 Å². The van der Waals surface area contributed by atoms with E-state index in [1.807, 2.05) is 6.07 Å². The molecule has 0 bridgehead atoms. The van der Waals surface area contributed by atoms with Crippen molar-refractivity contribution in [3.8, 4) is 0 Å². The van der Waals surface area contributed by atoms with Crippen LogP contribution in [0.4, 0.5) is 4.39 Å². The Morgan fingerprint density at radius 1 is 1.56 bits per heavy atom. The Hall–Kier alpha value is -1.07. The van der Waals surface area contributed by atoms with Gasteiger partial charge in [-0.2, -0.15) is 0 Å². The van der Waals surface area contributed by atoms with Crippen LogP contribution in [0.25, 0.3) is 0 Å². The lowest BCUT2D eigenvalue weighted by molar-refractivity contribution is -0.118. The first-order valence-corrected chi connectivity index (χ1v) is 7.10. The molecule has 1 amide bonds. The summed E-state index contributed by atoms with van der Waals surface area (Å²) < 4.78 is 13.1. The maximum atomic E-state index is 13.1. The molecular formula is C13H17FN2OS. The summed E-state index contributed by atoms with van der Waals surface area (Å²) in [6.45, 7) is 0.394. The van der Waals surface area contributed by atoms with Gasteiger partial charge < -0.3 is 11.1 Å². The lowest BCUT2D eigenvalue weighted by Crippen LogP contribution is -2.27. The highest BCUT2D eigenvalue weighted by molar-refractivity contribution is 8.00. The van der Waals surface area contributed by atoms with Crippen molar-refractivity contribution < 1.29 is 9.18 Å². The molecule has 18 heavy (non-hydrogen) atoms. The van der Waals surface area contributed by atoms with Crippen LogP contribution in [0, 0.1) is 5.82 Å². The molecule has 3 nitrogen and oxygen atoms in total. The van der Waals surface area contributed by atoms with Crippen molar-refractivity contribution in [2.45, 2.75) is 24.1 Å². The maximum Gasteiger partial charge on any atom is 0.230 e. The van der Waals surface area contributed by atoms with Crippen molar-refractivity contribution in [3.05, 3.63) is 35.6 Å². The third-order valence-corrected chi connectivity index (χ3v) is 4.09. The molecule has 1 fully saturated rings. The molecule has 1 unspecified atom stereocenters. The quantitative estimate of drug-likeness (QED) is 0.827. The van der Waals surface area contributed by atoms with E-state index in [4.69, 9.17) is 5.73 Å². The van der Waals surface area contributed by atoms with Gasteiger partial charge in [0.15, 0.2) is 0 Å². The van der Waals surface area contributed by atoms with Gasteiger partial charge in [0, 0.05) is 17.8 Å². The minimum atomic E-state index is -0.269. The van der Waals surface area contributed by atoms with E-state index in [0.29, 0.717) is 18.3 Å². The Labute approximate surface area is 110 Å². The molecule has 2 rings (SSSR count). The summed E-state index contributed by atoms with van der Waals surface area (Å²) in [6.07, 6.45) is 2.17. The number of halogens is 1. The third-order valence-electron chi connectivity index (χ3n) is 2.79. The van der Waals surface area contributed by atoms with E-state index in [1.54, 1.807) is 6.07 Å². The van der Waals surface area contributed by atoms with Crippen LogP contribution in [-0.4, -0.2) is 24.2 Å². The lowest BCUT2D eigenvalue weighted by Gasteiger charge is -2.14. The minimum absolute atomic E-state index is 0.0364. The van der Waals surface area contributed by atoms with Crippen LogP contribution in [0.3, 0.4) is 0 Å². The Morgan fingerprint density at radius 3 is 2.94 bits per heavy atom. The normalized spacial score (nSPS) is 16.3. The molecule has 1 aliphatic carbocycles. The van der Waals surface area contributed by atoms with Crippen LogP contribution in [0.2, 0.25) is 0 Å². The van der Waals surface area contributed by atoms with Crippen molar-refractivity contribution in [2.75, 3.05) is 12.3 Å². The highest BCUT2D eigenvalue weighted by Gasteiger charge is 2.23. The average Bonchev–Trinajstić information content (AvgIpc) is 3.14. The van der Waals surface area contributed by atoms with Gasteiger partial charge in [-0.1, -0.05) is 12.1 Å². The zero-order valence-corrected chi connectivity index (χ0v) is 10.9. The minimum Gasteiger partial charge on any atom is -0.353 e. The van der Waals surface area contributed by atoms with E-state index in [-0.39, 0.29) is 17.0 Å². The first-order chi connectivity index (χ1) is 8.69. The molecule has 0 aromatic heterocycles. The molecule has 98 valence electrons. The summed E-state index contributed by atoms with van der Waals surface area (Å²) in [5.41, 5.74) is 6.51. The Morgan fingerprint density at radius 2 is 2.33 bits per heavy atom. The molecule has 0 radical (unpaired) electrons. The monoisotopic (exact) mass is 268 g/mol. The van der Waals surface area contributed by atoms with Gasteiger partial charge in [-0.25, -0.2) is 4.39 Å². The first kappa shape index (κ1) is 13.4. The number of carbonyl (C=O) groups is 1. The molecule has 1 saturated carbocycles.